The van der Waals surface area contributed by atoms with Crippen molar-refractivity contribution in [2.75, 3.05) is 5.75 Å². The molecule has 1 aliphatic rings. The Morgan fingerprint density at radius 1 is 1.18 bits per heavy atom. The number of amides is 1. The summed E-state index contributed by atoms with van der Waals surface area (Å²) in [5.41, 5.74) is 1.82. The van der Waals surface area contributed by atoms with Gasteiger partial charge in [-0.3, -0.25) is 14.3 Å². The van der Waals surface area contributed by atoms with Gasteiger partial charge in [0.2, 0.25) is 5.91 Å². The fourth-order valence-corrected chi connectivity index (χ4v) is 5.05. The summed E-state index contributed by atoms with van der Waals surface area (Å²) in [6.45, 7) is 1.94. The molecule has 0 unspecified atom stereocenters. The van der Waals surface area contributed by atoms with Gasteiger partial charge in [0.25, 0.3) is 0 Å². The largest absolute Gasteiger partial charge is 0.337 e. The highest BCUT2D eigenvalue weighted by Gasteiger charge is 2.32. The van der Waals surface area contributed by atoms with Crippen LogP contribution in [0.3, 0.4) is 0 Å². The van der Waals surface area contributed by atoms with Crippen LogP contribution in [0, 0.1) is 18.3 Å². The third kappa shape index (κ3) is 5.21. The molecule has 0 atom stereocenters. The van der Waals surface area contributed by atoms with Gasteiger partial charge in [-0.25, -0.2) is 0 Å². The standard InChI is InChI=1S/C24H25ClN6OS/c1-17-19(25)7-6-8-20(17)31-22(18-9-13-27-14-10-18)29-30-23(31)33-15-21(32)28-24(16-26)11-4-2-3-5-12-24/h6-10,13-14H,2-5,11-12,15H2,1H3,(H,28,32). The van der Waals surface area contributed by atoms with Crippen LogP contribution in [0.1, 0.15) is 44.1 Å². The Hall–Kier alpha value is -2.89. The van der Waals surface area contributed by atoms with Gasteiger partial charge in [-0.2, -0.15) is 5.26 Å². The number of rotatable bonds is 6. The van der Waals surface area contributed by atoms with Crippen LogP contribution in [0.15, 0.2) is 47.9 Å². The van der Waals surface area contributed by atoms with E-state index in [0.717, 1.165) is 42.5 Å². The highest BCUT2D eigenvalue weighted by molar-refractivity contribution is 7.99. The van der Waals surface area contributed by atoms with Crippen LogP contribution < -0.4 is 5.32 Å². The lowest BCUT2D eigenvalue weighted by atomic mass is 9.92. The maximum Gasteiger partial charge on any atom is 0.231 e. The molecule has 7 nitrogen and oxygen atoms in total. The quantitative estimate of drug-likeness (QED) is 0.388. The maximum absolute atomic E-state index is 12.8. The first kappa shape index (κ1) is 23.3. The minimum atomic E-state index is -0.770. The van der Waals surface area contributed by atoms with Crippen molar-refractivity contribution in [3.63, 3.8) is 0 Å². The zero-order chi connectivity index (χ0) is 23.3. The van der Waals surface area contributed by atoms with Crippen LogP contribution in [-0.2, 0) is 4.79 Å². The monoisotopic (exact) mass is 480 g/mol. The molecule has 3 aromatic rings. The van der Waals surface area contributed by atoms with Gasteiger partial charge in [-0.1, -0.05) is 55.1 Å². The molecule has 1 amide bonds. The molecule has 1 saturated carbocycles. The van der Waals surface area contributed by atoms with E-state index in [1.807, 2.05) is 41.8 Å². The molecule has 2 heterocycles. The molecule has 0 saturated heterocycles. The molecule has 0 aliphatic heterocycles. The van der Waals surface area contributed by atoms with Crippen molar-refractivity contribution in [3.8, 4) is 23.1 Å². The average Bonchev–Trinajstić information content (AvgIpc) is 3.11. The van der Waals surface area contributed by atoms with Gasteiger partial charge in [0, 0.05) is 23.0 Å². The molecule has 2 aromatic heterocycles. The number of nitriles is 1. The van der Waals surface area contributed by atoms with E-state index in [0.29, 0.717) is 28.8 Å². The molecule has 1 N–H and O–H groups in total. The smallest absolute Gasteiger partial charge is 0.231 e. The summed E-state index contributed by atoms with van der Waals surface area (Å²) in [5, 5.41) is 22.8. The molecule has 33 heavy (non-hydrogen) atoms. The third-order valence-corrected chi connectivity index (χ3v) is 7.27. The molecule has 0 bridgehead atoms. The fraction of sp³-hybridized carbons (Fsp3) is 0.375. The van der Waals surface area contributed by atoms with Crippen molar-refractivity contribution >= 4 is 29.3 Å². The minimum absolute atomic E-state index is 0.136. The number of carbonyl (C=O) groups excluding carboxylic acids is 1. The summed E-state index contributed by atoms with van der Waals surface area (Å²) < 4.78 is 1.92. The van der Waals surface area contributed by atoms with Crippen molar-refractivity contribution < 1.29 is 4.79 Å². The number of benzene rings is 1. The van der Waals surface area contributed by atoms with Crippen LogP contribution >= 0.6 is 23.4 Å². The van der Waals surface area contributed by atoms with Crippen LogP contribution in [0.25, 0.3) is 17.1 Å². The Morgan fingerprint density at radius 3 is 2.61 bits per heavy atom. The zero-order valence-electron chi connectivity index (χ0n) is 18.4. The van der Waals surface area contributed by atoms with E-state index in [2.05, 4.69) is 26.6 Å². The van der Waals surface area contributed by atoms with Gasteiger partial charge in [-0.15, -0.1) is 10.2 Å². The number of hydrogen-bond donors (Lipinski definition) is 1. The molecule has 1 aromatic carbocycles. The number of aromatic nitrogens is 4. The summed E-state index contributed by atoms with van der Waals surface area (Å²) in [6, 6.07) is 11.8. The molecule has 0 spiro atoms. The molecular weight excluding hydrogens is 456 g/mol. The topological polar surface area (TPSA) is 96.5 Å². The Labute approximate surface area is 202 Å². The van der Waals surface area contributed by atoms with Gasteiger partial charge in [0.1, 0.15) is 5.54 Å². The molecular formula is C24H25ClN6OS. The van der Waals surface area contributed by atoms with Crippen molar-refractivity contribution in [1.29, 1.82) is 5.26 Å². The minimum Gasteiger partial charge on any atom is -0.337 e. The maximum atomic E-state index is 12.8. The van der Waals surface area contributed by atoms with Gasteiger partial charge in [0.05, 0.1) is 17.5 Å². The number of carbonyl (C=O) groups is 1. The summed E-state index contributed by atoms with van der Waals surface area (Å²) in [4.78, 5) is 16.9. The van der Waals surface area contributed by atoms with Crippen molar-refractivity contribution in [2.45, 2.75) is 56.1 Å². The van der Waals surface area contributed by atoms with Gasteiger partial charge in [-0.05, 0) is 49.6 Å². The van der Waals surface area contributed by atoms with Crippen LogP contribution in [0.4, 0.5) is 0 Å². The van der Waals surface area contributed by atoms with E-state index in [1.54, 1.807) is 12.4 Å². The van der Waals surface area contributed by atoms with Crippen molar-refractivity contribution in [1.82, 2.24) is 25.1 Å². The Kier molecular flexibility index (Phi) is 7.31. The van der Waals surface area contributed by atoms with E-state index in [9.17, 15) is 10.1 Å². The summed E-state index contributed by atoms with van der Waals surface area (Å²) in [6.07, 6.45) is 8.92. The molecule has 4 rings (SSSR count). The first-order chi connectivity index (χ1) is 16.0. The lowest BCUT2D eigenvalue weighted by molar-refractivity contribution is -0.120. The van der Waals surface area contributed by atoms with E-state index in [1.165, 1.54) is 11.8 Å². The average molecular weight is 481 g/mol. The fourth-order valence-electron chi connectivity index (χ4n) is 4.14. The van der Waals surface area contributed by atoms with E-state index in [4.69, 9.17) is 11.6 Å². The lowest BCUT2D eigenvalue weighted by Crippen LogP contribution is -2.47. The number of halogens is 1. The second-order valence-corrected chi connectivity index (χ2v) is 9.56. The molecule has 1 aliphatic carbocycles. The van der Waals surface area contributed by atoms with E-state index < -0.39 is 5.54 Å². The highest BCUT2D eigenvalue weighted by atomic mass is 35.5. The molecule has 170 valence electrons. The second kappa shape index (κ2) is 10.4. The van der Waals surface area contributed by atoms with Crippen LogP contribution in [-0.4, -0.2) is 36.9 Å². The highest BCUT2D eigenvalue weighted by Crippen LogP contribution is 2.32. The van der Waals surface area contributed by atoms with Crippen LogP contribution in [0.5, 0.6) is 0 Å². The first-order valence-corrected chi connectivity index (χ1v) is 12.4. The van der Waals surface area contributed by atoms with Crippen LogP contribution in [0.2, 0.25) is 5.02 Å². The SMILES string of the molecule is Cc1c(Cl)cccc1-n1c(SCC(=O)NC2(C#N)CCCCCC2)nnc1-c1ccncc1. The van der Waals surface area contributed by atoms with E-state index in [-0.39, 0.29) is 11.7 Å². The van der Waals surface area contributed by atoms with Gasteiger partial charge in [0.15, 0.2) is 11.0 Å². The summed E-state index contributed by atoms with van der Waals surface area (Å²) in [5.74, 6) is 0.603. The Bertz CT molecular complexity index is 1170. The Morgan fingerprint density at radius 2 is 1.91 bits per heavy atom. The number of nitrogens with one attached hydrogen (secondary N) is 1. The second-order valence-electron chi connectivity index (χ2n) is 8.21. The summed E-state index contributed by atoms with van der Waals surface area (Å²) in [7, 11) is 0. The summed E-state index contributed by atoms with van der Waals surface area (Å²) >= 11 is 7.69. The predicted octanol–water partition coefficient (Wildman–Crippen LogP) is 5.12. The Balaban J connectivity index is 1.60. The zero-order valence-corrected chi connectivity index (χ0v) is 20.0. The molecule has 9 heteroatoms. The first-order valence-electron chi connectivity index (χ1n) is 11.0. The number of thioether (sulfide) groups is 1. The lowest BCUT2D eigenvalue weighted by Gasteiger charge is -2.26. The van der Waals surface area contributed by atoms with Crippen molar-refractivity contribution in [2.24, 2.45) is 0 Å². The number of nitrogens with zero attached hydrogens (tertiary/aromatic N) is 5. The number of hydrogen-bond acceptors (Lipinski definition) is 6. The third-order valence-electron chi connectivity index (χ3n) is 5.93. The van der Waals surface area contributed by atoms with Crippen molar-refractivity contribution in [3.05, 3.63) is 53.3 Å². The van der Waals surface area contributed by atoms with Gasteiger partial charge >= 0.3 is 0 Å². The van der Waals surface area contributed by atoms with Gasteiger partial charge < -0.3 is 5.32 Å². The molecule has 0 radical (unpaired) electrons. The van der Waals surface area contributed by atoms with E-state index >= 15 is 0 Å². The predicted molar refractivity (Wildman–Crippen MR) is 129 cm³/mol. The normalized spacial score (nSPS) is 15.4. The molecule has 1 fully saturated rings. The number of pyridine rings is 1.